The summed E-state index contributed by atoms with van der Waals surface area (Å²) in [5.41, 5.74) is 20.9. The van der Waals surface area contributed by atoms with Crippen molar-refractivity contribution < 1.29 is 0 Å². The molecule has 2 heteroatoms. The Morgan fingerprint density at radius 1 is 0.349 bits per heavy atom. The first kappa shape index (κ1) is 37.4. The Labute approximate surface area is 369 Å². The van der Waals surface area contributed by atoms with Crippen molar-refractivity contribution in [3.8, 4) is 55.9 Å². The van der Waals surface area contributed by atoms with Gasteiger partial charge < -0.3 is 9.13 Å². The second-order valence-corrected chi connectivity index (χ2v) is 18.9. The van der Waals surface area contributed by atoms with Crippen LogP contribution < -0.4 is 0 Å². The van der Waals surface area contributed by atoms with E-state index in [0.717, 1.165) is 5.69 Å². The number of hydrogen-bond donors (Lipinski definition) is 0. The predicted octanol–water partition coefficient (Wildman–Crippen LogP) is 16.5. The van der Waals surface area contributed by atoms with Crippen LogP contribution in [-0.4, -0.2) is 9.13 Å². The lowest BCUT2D eigenvalue weighted by Gasteiger charge is -2.32. The zero-order valence-electron chi connectivity index (χ0n) is 36.4. The summed E-state index contributed by atoms with van der Waals surface area (Å²) in [7, 11) is 0. The van der Waals surface area contributed by atoms with Crippen molar-refractivity contribution in [3.63, 3.8) is 0 Å². The molecule has 11 aromatic rings. The standard InChI is InChI=1S/C61H48N2/c1-60(2,3)50-26-17-29-53-57(50)55-47(40-18-9-6-10-19-40)24-15-27-51(55)63(53)46-32-30-39(31-33-46)42-36-43-38-44(37-42)61(4,5)59-49(41-20-11-7-12-21-41)34-35-54-58(59)56-48(43)25-16-28-52(56)62(54)45-22-13-8-14-23-45/h6-38H,1-5H3. The zero-order chi connectivity index (χ0) is 42.6. The molecule has 2 bridgehead atoms. The van der Waals surface area contributed by atoms with Crippen LogP contribution in [0.2, 0.25) is 0 Å². The summed E-state index contributed by atoms with van der Waals surface area (Å²) in [4.78, 5) is 0. The Hall–Kier alpha value is -7.42. The molecule has 0 radical (unpaired) electrons. The van der Waals surface area contributed by atoms with E-state index in [4.69, 9.17) is 0 Å². The molecule has 12 rings (SSSR count). The van der Waals surface area contributed by atoms with Crippen LogP contribution in [0.5, 0.6) is 0 Å². The van der Waals surface area contributed by atoms with Gasteiger partial charge in [-0.3, -0.25) is 0 Å². The van der Waals surface area contributed by atoms with E-state index in [1.807, 2.05) is 0 Å². The fourth-order valence-electron chi connectivity index (χ4n) is 10.9. The maximum Gasteiger partial charge on any atom is 0.0547 e. The van der Waals surface area contributed by atoms with Crippen LogP contribution in [0.1, 0.15) is 51.3 Å². The number of aromatic nitrogens is 2. The van der Waals surface area contributed by atoms with E-state index in [-0.39, 0.29) is 10.8 Å². The fourth-order valence-corrected chi connectivity index (χ4v) is 10.9. The molecule has 0 atom stereocenters. The SMILES string of the molecule is CC(C)(C)c1cccc2c1c1c(-c3ccccc3)cccc1n2-c1ccc(-c2cc3cc(c2)C(C)(C)c2c(-c4ccccc4)ccc4c2c2c-3cccc2n4-c2ccccc2)cc1. The summed E-state index contributed by atoms with van der Waals surface area (Å²) in [5, 5.41) is 5.29. The van der Waals surface area contributed by atoms with Gasteiger partial charge in [-0.05, 0) is 121 Å². The molecular formula is C61H48N2. The monoisotopic (exact) mass is 808 g/mol. The van der Waals surface area contributed by atoms with Gasteiger partial charge in [-0.1, -0.05) is 180 Å². The minimum Gasteiger partial charge on any atom is -0.309 e. The molecule has 0 fully saturated rings. The van der Waals surface area contributed by atoms with Crippen molar-refractivity contribution in [1.29, 1.82) is 0 Å². The second-order valence-electron chi connectivity index (χ2n) is 18.9. The molecule has 302 valence electrons. The van der Waals surface area contributed by atoms with Gasteiger partial charge in [0.05, 0.1) is 22.1 Å². The number of rotatable bonds is 5. The maximum absolute atomic E-state index is 2.48. The Bertz CT molecular complexity index is 3580. The van der Waals surface area contributed by atoms with Crippen LogP contribution >= 0.6 is 0 Å². The lowest BCUT2D eigenvalue weighted by atomic mass is 9.70. The van der Waals surface area contributed by atoms with Crippen molar-refractivity contribution >= 4 is 43.6 Å². The summed E-state index contributed by atoms with van der Waals surface area (Å²) < 4.78 is 4.95. The maximum atomic E-state index is 2.48. The third-order valence-corrected chi connectivity index (χ3v) is 13.8. The number of para-hydroxylation sites is 1. The first-order chi connectivity index (χ1) is 30.7. The molecule has 9 aromatic carbocycles. The van der Waals surface area contributed by atoms with E-state index in [1.54, 1.807) is 0 Å². The Morgan fingerprint density at radius 2 is 0.841 bits per heavy atom. The van der Waals surface area contributed by atoms with Gasteiger partial charge in [-0.25, -0.2) is 0 Å². The Morgan fingerprint density at radius 3 is 1.46 bits per heavy atom. The van der Waals surface area contributed by atoms with Crippen molar-refractivity contribution in [2.45, 2.75) is 45.4 Å². The Kier molecular flexibility index (Phi) is 8.18. The van der Waals surface area contributed by atoms with E-state index in [9.17, 15) is 0 Å². The van der Waals surface area contributed by atoms with E-state index < -0.39 is 0 Å². The van der Waals surface area contributed by atoms with E-state index >= 15 is 0 Å². The average Bonchev–Trinajstić information content (AvgIpc) is 3.84. The predicted molar refractivity (Wildman–Crippen MR) is 268 cm³/mol. The molecule has 0 unspecified atom stereocenters. The van der Waals surface area contributed by atoms with E-state index in [0.29, 0.717) is 0 Å². The van der Waals surface area contributed by atoms with Crippen molar-refractivity contribution in [3.05, 3.63) is 217 Å². The largest absolute Gasteiger partial charge is 0.309 e. The van der Waals surface area contributed by atoms with Crippen LogP contribution in [-0.2, 0) is 10.8 Å². The molecule has 0 saturated heterocycles. The number of fused-ring (bicyclic) bond motifs is 6. The first-order valence-electron chi connectivity index (χ1n) is 22.3. The van der Waals surface area contributed by atoms with Crippen LogP contribution in [0.25, 0.3) is 99.5 Å². The molecular weight excluding hydrogens is 761 g/mol. The first-order valence-corrected chi connectivity index (χ1v) is 22.3. The third-order valence-electron chi connectivity index (χ3n) is 13.8. The molecule has 2 heterocycles. The van der Waals surface area contributed by atoms with Gasteiger partial charge in [-0.2, -0.15) is 0 Å². The normalized spacial score (nSPS) is 13.3. The molecule has 0 amide bonds. The number of benzene rings is 9. The van der Waals surface area contributed by atoms with Gasteiger partial charge in [0, 0.05) is 38.3 Å². The molecule has 2 aromatic heterocycles. The molecule has 0 saturated carbocycles. The smallest absolute Gasteiger partial charge is 0.0547 e. The average molecular weight is 809 g/mol. The van der Waals surface area contributed by atoms with E-state index in [2.05, 4.69) is 244 Å². The molecule has 0 N–H and O–H groups in total. The molecule has 2 nitrogen and oxygen atoms in total. The van der Waals surface area contributed by atoms with Crippen LogP contribution in [0.3, 0.4) is 0 Å². The summed E-state index contributed by atoms with van der Waals surface area (Å²) in [5.74, 6) is 0. The fraction of sp³-hybridized carbons (Fsp3) is 0.115. The van der Waals surface area contributed by atoms with Crippen molar-refractivity contribution in [1.82, 2.24) is 9.13 Å². The zero-order valence-corrected chi connectivity index (χ0v) is 36.4. The van der Waals surface area contributed by atoms with Gasteiger partial charge in [0.1, 0.15) is 0 Å². The van der Waals surface area contributed by atoms with Crippen molar-refractivity contribution in [2.24, 2.45) is 0 Å². The quantitative estimate of drug-likeness (QED) is 0.164. The summed E-state index contributed by atoms with van der Waals surface area (Å²) >= 11 is 0. The topological polar surface area (TPSA) is 9.86 Å². The molecule has 1 aliphatic rings. The van der Waals surface area contributed by atoms with Gasteiger partial charge in [0.2, 0.25) is 0 Å². The molecule has 0 aliphatic heterocycles. The molecule has 63 heavy (non-hydrogen) atoms. The van der Waals surface area contributed by atoms with Crippen LogP contribution in [0, 0.1) is 0 Å². The minimum atomic E-state index is -0.330. The van der Waals surface area contributed by atoms with E-state index in [1.165, 1.54) is 110 Å². The molecule has 1 aliphatic carbocycles. The highest BCUT2D eigenvalue weighted by molar-refractivity contribution is 6.20. The summed E-state index contributed by atoms with van der Waals surface area (Å²) in [6.07, 6.45) is 0. The van der Waals surface area contributed by atoms with Crippen LogP contribution in [0.4, 0.5) is 0 Å². The lowest BCUT2D eigenvalue weighted by molar-refractivity contribution is 0.596. The summed E-state index contributed by atoms with van der Waals surface area (Å²) in [6, 6.07) is 74.5. The van der Waals surface area contributed by atoms with Gasteiger partial charge in [0.25, 0.3) is 0 Å². The highest BCUT2D eigenvalue weighted by atomic mass is 15.0. The van der Waals surface area contributed by atoms with Gasteiger partial charge in [-0.15, -0.1) is 0 Å². The minimum absolute atomic E-state index is 0.0337. The summed E-state index contributed by atoms with van der Waals surface area (Å²) in [6.45, 7) is 11.8. The highest BCUT2D eigenvalue weighted by Gasteiger charge is 2.34. The third kappa shape index (κ3) is 5.64. The Balaban J connectivity index is 1.07. The highest BCUT2D eigenvalue weighted by Crippen LogP contribution is 2.52. The van der Waals surface area contributed by atoms with Gasteiger partial charge in [0.15, 0.2) is 0 Å². The lowest BCUT2D eigenvalue weighted by Crippen LogP contribution is -2.21. The van der Waals surface area contributed by atoms with Gasteiger partial charge >= 0.3 is 0 Å². The molecule has 0 spiro atoms. The number of hydrogen-bond acceptors (Lipinski definition) is 0. The second kappa shape index (κ2) is 13.8. The number of nitrogens with zero attached hydrogens (tertiary/aromatic N) is 2. The van der Waals surface area contributed by atoms with Crippen LogP contribution in [0.15, 0.2) is 200 Å². The van der Waals surface area contributed by atoms with Crippen molar-refractivity contribution in [2.75, 3.05) is 0 Å².